The molecule has 0 saturated carbocycles. The average molecular weight is 626 g/mol. The molecule has 1 atom stereocenters. The van der Waals surface area contributed by atoms with Crippen molar-refractivity contribution in [3.05, 3.63) is 64.9 Å². The molecule has 0 aliphatic carbocycles. The van der Waals surface area contributed by atoms with Crippen molar-refractivity contribution in [3.63, 3.8) is 0 Å². The number of nitrogens with zero attached hydrogens (tertiary/aromatic N) is 7. The van der Waals surface area contributed by atoms with Gasteiger partial charge in [-0.2, -0.15) is 0 Å². The number of morpholine rings is 1. The van der Waals surface area contributed by atoms with E-state index in [1.165, 1.54) is 11.9 Å². The van der Waals surface area contributed by atoms with Gasteiger partial charge in [0.2, 0.25) is 11.8 Å². The quantitative estimate of drug-likeness (QED) is 0.355. The Morgan fingerprint density at radius 2 is 1.83 bits per heavy atom. The number of rotatable bonds is 7. The van der Waals surface area contributed by atoms with Crippen molar-refractivity contribution in [1.29, 1.82) is 5.41 Å². The van der Waals surface area contributed by atoms with E-state index < -0.39 is 5.41 Å². The van der Waals surface area contributed by atoms with E-state index in [9.17, 15) is 9.59 Å². The van der Waals surface area contributed by atoms with E-state index in [4.69, 9.17) is 20.9 Å². The molecule has 46 heavy (non-hydrogen) atoms. The van der Waals surface area contributed by atoms with E-state index in [2.05, 4.69) is 21.0 Å². The Bertz CT molecular complexity index is 1580. The molecule has 3 saturated heterocycles. The number of anilines is 1. The number of carbonyl (C=O) groups excluding carboxylic acids is 2. The van der Waals surface area contributed by atoms with Gasteiger partial charge in [0.25, 0.3) is 0 Å². The number of aliphatic imine (C=N–C) groups is 2. The van der Waals surface area contributed by atoms with Crippen LogP contribution in [0, 0.1) is 17.7 Å². The van der Waals surface area contributed by atoms with Crippen molar-refractivity contribution in [3.8, 4) is 0 Å². The number of benzene rings is 1. The number of pyridine rings is 1. The van der Waals surface area contributed by atoms with E-state index in [0.717, 1.165) is 42.5 Å². The molecular formula is C34H43N9O3. The van der Waals surface area contributed by atoms with Crippen LogP contribution in [0.15, 0.2) is 52.5 Å². The summed E-state index contributed by atoms with van der Waals surface area (Å²) in [5.41, 5.74) is 10.2. The lowest BCUT2D eigenvalue weighted by Crippen LogP contribution is -2.43. The predicted molar refractivity (Wildman–Crippen MR) is 179 cm³/mol. The Morgan fingerprint density at radius 1 is 1.07 bits per heavy atom. The number of nitrogens with two attached hydrogens (primary N) is 1. The minimum absolute atomic E-state index is 0.0748. The van der Waals surface area contributed by atoms with Crippen LogP contribution >= 0.6 is 0 Å². The van der Waals surface area contributed by atoms with Gasteiger partial charge < -0.3 is 20.3 Å². The first-order valence-corrected chi connectivity index (χ1v) is 16.0. The highest BCUT2D eigenvalue weighted by atomic mass is 16.5. The van der Waals surface area contributed by atoms with E-state index in [0.29, 0.717) is 82.2 Å². The summed E-state index contributed by atoms with van der Waals surface area (Å²) < 4.78 is 5.44. The van der Waals surface area contributed by atoms with Crippen LogP contribution in [0.2, 0.25) is 0 Å². The summed E-state index contributed by atoms with van der Waals surface area (Å²) in [5.74, 6) is 1.57. The number of ether oxygens (including phenoxy) is 1. The zero-order valence-corrected chi connectivity index (χ0v) is 26.7. The highest BCUT2D eigenvalue weighted by Crippen LogP contribution is 2.42. The maximum atomic E-state index is 13.9. The summed E-state index contributed by atoms with van der Waals surface area (Å²) in [6.07, 6.45) is 5.81. The second-order valence-corrected chi connectivity index (χ2v) is 12.5. The van der Waals surface area contributed by atoms with Crippen molar-refractivity contribution in [2.45, 2.75) is 26.2 Å². The van der Waals surface area contributed by atoms with Crippen LogP contribution in [-0.4, -0.2) is 122 Å². The molecule has 0 bridgehead atoms. The Labute approximate surface area is 270 Å². The second kappa shape index (κ2) is 13.5. The Morgan fingerprint density at radius 3 is 2.54 bits per heavy atom. The molecule has 12 nitrogen and oxygen atoms in total. The molecule has 4 aliphatic rings. The molecule has 0 unspecified atom stereocenters. The fourth-order valence-corrected chi connectivity index (χ4v) is 6.85. The molecule has 5 heterocycles. The van der Waals surface area contributed by atoms with Crippen LogP contribution in [-0.2, 0) is 14.3 Å². The minimum Gasteiger partial charge on any atom is -0.383 e. The number of aromatic nitrogens is 1. The van der Waals surface area contributed by atoms with Crippen molar-refractivity contribution < 1.29 is 14.3 Å². The van der Waals surface area contributed by atoms with E-state index in [1.54, 1.807) is 11.9 Å². The molecule has 1 aromatic carbocycles. The molecule has 6 rings (SSSR count). The van der Waals surface area contributed by atoms with Gasteiger partial charge in [-0.05, 0) is 55.5 Å². The number of carbonyl (C=O) groups is 2. The first-order valence-electron chi connectivity index (χ1n) is 16.0. The van der Waals surface area contributed by atoms with Gasteiger partial charge in [-0.3, -0.25) is 29.8 Å². The monoisotopic (exact) mass is 625 g/mol. The van der Waals surface area contributed by atoms with Crippen LogP contribution in [0.25, 0.3) is 5.57 Å². The van der Waals surface area contributed by atoms with Gasteiger partial charge in [0.05, 0.1) is 25.2 Å². The van der Waals surface area contributed by atoms with Gasteiger partial charge in [0.15, 0.2) is 0 Å². The Kier molecular flexibility index (Phi) is 9.27. The van der Waals surface area contributed by atoms with Crippen LogP contribution in [0.1, 0.15) is 41.6 Å². The summed E-state index contributed by atoms with van der Waals surface area (Å²) in [4.78, 5) is 47.7. The van der Waals surface area contributed by atoms with Gasteiger partial charge in [-0.15, -0.1) is 0 Å². The summed E-state index contributed by atoms with van der Waals surface area (Å²) in [7, 11) is 1.65. The lowest BCUT2D eigenvalue weighted by molar-refractivity contribution is -0.132. The number of amidine groups is 2. The largest absolute Gasteiger partial charge is 0.383 e. The van der Waals surface area contributed by atoms with Crippen LogP contribution < -0.4 is 10.6 Å². The smallest absolute Gasteiger partial charge is 0.237 e. The fraction of sp³-hybridized carbons (Fsp3) is 0.471. The summed E-state index contributed by atoms with van der Waals surface area (Å²) >= 11 is 0. The van der Waals surface area contributed by atoms with Gasteiger partial charge >= 0.3 is 0 Å². The van der Waals surface area contributed by atoms with E-state index in [1.807, 2.05) is 53.1 Å². The Hall–Kier alpha value is -4.42. The zero-order valence-electron chi connectivity index (χ0n) is 26.7. The van der Waals surface area contributed by atoms with Crippen LogP contribution in [0.3, 0.4) is 0 Å². The normalized spacial score (nSPS) is 22.7. The van der Waals surface area contributed by atoms with Crippen LogP contribution in [0.4, 0.5) is 5.82 Å². The zero-order chi connectivity index (χ0) is 32.3. The topological polar surface area (TPSA) is 144 Å². The maximum Gasteiger partial charge on any atom is 0.237 e. The number of amides is 2. The number of hydrogen-bond acceptors (Lipinski definition) is 7. The first kappa shape index (κ1) is 31.6. The molecule has 3 fully saturated rings. The number of likely N-dealkylation sites (tertiary alicyclic amines) is 1. The lowest BCUT2D eigenvalue weighted by Gasteiger charge is -2.30. The fourth-order valence-electron chi connectivity index (χ4n) is 6.85. The van der Waals surface area contributed by atoms with Gasteiger partial charge in [-0.25, -0.2) is 9.98 Å². The molecule has 0 radical (unpaired) electrons. The first-order chi connectivity index (χ1) is 22.3. The Balaban J connectivity index is 1.04. The van der Waals surface area contributed by atoms with Crippen molar-refractivity contribution >= 4 is 41.2 Å². The van der Waals surface area contributed by atoms with Gasteiger partial charge in [-0.1, -0.05) is 36.4 Å². The molecule has 4 aliphatic heterocycles. The number of hydrogen-bond donors (Lipinski definition) is 2. The molecule has 1 spiro atoms. The van der Waals surface area contributed by atoms with Gasteiger partial charge in [0.1, 0.15) is 29.5 Å². The van der Waals surface area contributed by atoms with Crippen molar-refractivity contribution in [1.82, 2.24) is 19.7 Å². The van der Waals surface area contributed by atoms with Gasteiger partial charge in [0, 0.05) is 51.9 Å². The van der Waals surface area contributed by atoms with E-state index >= 15 is 0 Å². The number of aryl methyl sites for hydroxylation is 1. The standard InChI is InChI=1S/C34H43N9O3/c1-24-3-8-28(39-30(24)32(36)42-17-19-46-20-18-42)43-16-12-34(33(43)45)11-15-40(22-34)21-29(44)41-13-9-26(10-14-41)25-4-6-27(7-5-25)31(35)38-23-37-2/h3-9,23,36H,10-22H2,1-2H3,(H2,35,37,38)/t34-/m0/s1. The van der Waals surface area contributed by atoms with Crippen molar-refractivity contribution in [2.75, 3.05) is 77.5 Å². The third kappa shape index (κ3) is 6.45. The molecule has 12 heteroatoms. The van der Waals surface area contributed by atoms with Crippen molar-refractivity contribution in [2.24, 2.45) is 21.1 Å². The molecule has 2 amide bonds. The third-order valence-corrected chi connectivity index (χ3v) is 9.64. The van der Waals surface area contributed by atoms with Crippen LogP contribution in [0.5, 0.6) is 0 Å². The molecule has 1 aromatic heterocycles. The summed E-state index contributed by atoms with van der Waals surface area (Å²) in [5, 5.41) is 8.76. The predicted octanol–water partition coefficient (Wildman–Crippen LogP) is 2.16. The highest BCUT2D eigenvalue weighted by molar-refractivity contribution is 6.02. The SMILES string of the molecule is CN=CN=C(N)c1ccc(C2=CCN(C(=O)CN3CC[C@]4(CCN(c5ccc(C)c(C(=N)N6CCOCC6)n5)C4=O)C3)CC2)cc1. The second-order valence-electron chi connectivity index (χ2n) is 12.5. The molecule has 3 N–H and O–H groups in total. The average Bonchev–Trinajstić information content (AvgIpc) is 3.65. The third-order valence-electron chi connectivity index (χ3n) is 9.64. The molecule has 242 valence electrons. The lowest BCUT2D eigenvalue weighted by atomic mass is 9.85. The molecule has 2 aromatic rings. The highest BCUT2D eigenvalue weighted by Gasteiger charge is 2.51. The number of nitrogens with one attached hydrogen (secondary N) is 1. The molecular weight excluding hydrogens is 582 g/mol. The minimum atomic E-state index is -0.497. The summed E-state index contributed by atoms with van der Waals surface area (Å²) in [6.45, 7) is 7.91. The van der Waals surface area contributed by atoms with E-state index in [-0.39, 0.29) is 11.8 Å². The summed E-state index contributed by atoms with van der Waals surface area (Å²) in [6, 6.07) is 11.8. The maximum absolute atomic E-state index is 13.9.